The Morgan fingerprint density at radius 1 is 1.02 bits per heavy atom. The zero-order valence-electron chi connectivity index (χ0n) is 31.9. The molecule has 0 radical (unpaired) electrons. The Hall–Kier alpha value is -0.320. The largest absolute Gasteiger partial charge is 0.390 e. The predicted molar refractivity (Wildman–Crippen MR) is 185 cm³/mol. The first-order chi connectivity index (χ1) is 22.5. The maximum absolute atomic E-state index is 12.6. The summed E-state index contributed by atoms with van der Waals surface area (Å²) < 4.78 is 31.7. The summed E-state index contributed by atoms with van der Waals surface area (Å²) in [6.45, 7) is 23.9. The van der Waals surface area contributed by atoms with Gasteiger partial charge in [0.2, 0.25) is 0 Å². The summed E-state index contributed by atoms with van der Waals surface area (Å²) in [7, 11) is 1.78. The highest BCUT2D eigenvalue weighted by Crippen LogP contribution is 2.89. The molecule has 8 heteroatoms. The van der Waals surface area contributed by atoms with Crippen LogP contribution in [0.15, 0.2) is 0 Å². The minimum absolute atomic E-state index is 0.0177. The Balaban J connectivity index is 1.11. The van der Waals surface area contributed by atoms with Crippen molar-refractivity contribution in [3.8, 4) is 0 Å². The number of hydrogen-bond acceptors (Lipinski definition) is 8. The highest BCUT2D eigenvalue weighted by molar-refractivity contribution is 5.33. The van der Waals surface area contributed by atoms with E-state index in [1.165, 1.54) is 32.1 Å². The van der Waals surface area contributed by atoms with Crippen LogP contribution in [0.5, 0.6) is 0 Å². The van der Waals surface area contributed by atoms with E-state index >= 15 is 0 Å². The lowest BCUT2D eigenvalue weighted by Gasteiger charge is -2.64. The Kier molecular flexibility index (Phi) is 9.10. The number of nitrogens with zero attached hydrogens (tertiary/aromatic N) is 1. The number of aliphatic hydroxyl groups excluding tert-OH is 1. The van der Waals surface area contributed by atoms with Crippen molar-refractivity contribution in [2.24, 2.45) is 50.7 Å². The quantitative estimate of drug-likeness (QED) is 0.305. The molecule has 0 bridgehead atoms. The van der Waals surface area contributed by atoms with E-state index in [2.05, 4.69) is 46.4 Å². The maximum Gasteiger partial charge on any atom is 0.170 e. The van der Waals surface area contributed by atoms with Gasteiger partial charge in [-0.15, -0.1) is 0 Å². The van der Waals surface area contributed by atoms with Gasteiger partial charge in [0.05, 0.1) is 43.2 Å². The standard InChI is InChI=1S/C40H69NO7/c1-11-45-34(36(6,7)43)26-20-24(2)31-32(47-26)33(42)38(9)28-13-12-27-35(4,5)29(48-30-21-41(18-19-46-30)25(3)22-44-10)14-15-39(27)23-40(28,39)17-16-37(31,38)8/h24-34,42-43H,11-23H2,1-10H3/t24-,25+,26-,27+,28+,29?,30+,31+,32+,33+,34+,37-,38-,39-,40+/m1/s1. The molecule has 2 spiro atoms. The molecule has 5 saturated carbocycles. The van der Waals surface area contributed by atoms with Gasteiger partial charge < -0.3 is 33.9 Å². The molecule has 48 heavy (non-hydrogen) atoms. The predicted octanol–water partition coefficient (Wildman–Crippen LogP) is 6.05. The molecule has 15 atom stereocenters. The summed E-state index contributed by atoms with van der Waals surface area (Å²) in [5.74, 6) is 1.82. The molecule has 0 aromatic heterocycles. The summed E-state index contributed by atoms with van der Waals surface area (Å²) >= 11 is 0. The van der Waals surface area contributed by atoms with Gasteiger partial charge in [-0.3, -0.25) is 4.90 Å². The van der Waals surface area contributed by atoms with Crippen molar-refractivity contribution in [2.45, 2.75) is 162 Å². The van der Waals surface area contributed by atoms with Crippen LogP contribution in [0, 0.1) is 50.7 Å². The molecule has 2 N–H and O–H groups in total. The fourth-order valence-electron chi connectivity index (χ4n) is 14.3. The number of morpholine rings is 1. The van der Waals surface area contributed by atoms with Crippen LogP contribution in [0.3, 0.4) is 0 Å². The lowest BCUT2D eigenvalue weighted by Crippen LogP contribution is -2.60. The van der Waals surface area contributed by atoms with Crippen LogP contribution in [0.25, 0.3) is 0 Å². The summed E-state index contributed by atoms with van der Waals surface area (Å²) in [6, 6.07) is 0.356. The van der Waals surface area contributed by atoms with Crippen molar-refractivity contribution in [3.63, 3.8) is 0 Å². The molecule has 7 aliphatic rings. The van der Waals surface area contributed by atoms with Gasteiger partial charge in [0, 0.05) is 38.3 Å². The van der Waals surface area contributed by atoms with Crippen LogP contribution in [-0.4, -0.2) is 104 Å². The third kappa shape index (κ3) is 4.95. The van der Waals surface area contributed by atoms with Crippen molar-refractivity contribution < 1.29 is 33.9 Å². The molecule has 7 rings (SSSR count). The summed E-state index contributed by atoms with van der Waals surface area (Å²) in [6.07, 6.45) is 7.95. The maximum atomic E-state index is 12.6. The summed E-state index contributed by atoms with van der Waals surface area (Å²) in [4.78, 5) is 2.45. The second kappa shape index (κ2) is 12.1. The number of fused-ring (bicyclic) bond motifs is 4. The minimum atomic E-state index is -1.01. The van der Waals surface area contributed by atoms with Crippen LogP contribution in [-0.2, 0) is 23.7 Å². The van der Waals surface area contributed by atoms with Crippen molar-refractivity contribution >= 4 is 0 Å². The van der Waals surface area contributed by atoms with E-state index < -0.39 is 17.8 Å². The topological polar surface area (TPSA) is 89.9 Å². The number of rotatable bonds is 9. The number of methoxy groups -OCH3 is 1. The molecule has 2 aliphatic heterocycles. The van der Waals surface area contributed by atoms with Crippen LogP contribution in [0.2, 0.25) is 0 Å². The van der Waals surface area contributed by atoms with E-state index in [0.29, 0.717) is 53.8 Å². The molecule has 8 nitrogen and oxygen atoms in total. The fraction of sp³-hybridized carbons (Fsp3) is 1.00. The van der Waals surface area contributed by atoms with Gasteiger partial charge in [-0.25, -0.2) is 0 Å². The molecule has 0 amide bonds. The molecular weight excluding hydrogens is 606 g/mol. The average Bonchev–Trinajstić information content (AvgIpc) is 3.65. The highest BCUT2D eigenvalue weighted by atomic mass is 16.7. The average molecular weight is 676 g/mol. The lowest BCUT2D eigenvalue weighted by atomic mass is 9.41. The monoisotopic (exact) mass is 676 g/mol. The van der Waals surface area contributed by atoms with E-state index in [9.17, 15) is 10.2 Å². The summed E-state index contributed by atoms with van der Waals surface area (Å²) in [5, 5.41) is 23.7. The minimum Gasteiger partial charge on any atom is -0.390 e. The van der Waals surface area contributed by atoms with Crippen molar-refractivity contribution in [3.05, 3.63) is 0 Å². The SMILES string of the molecule is CCO[C@@H]([C@H]1C[C@@H](C)[C@H]2[C@H](O1)[C@H](O)[C@@]1(C)[C@@H]3CC[C@H]4C(C)(C)C(O[C@H]5CN([C@@H](C)COC)CCO5)CC[C@@]45C[C@@]35CC[C@]21C)C(C)(C)O. The Labute approximate surface area is 291 Å². The van der Waals surface area contributed by atoms with Crippen LogP contribution in [0.1, 0.15) is 114 Å². The molecule has 0 aromatic carbocycles. The van der Waals surface area contributed by atoms with Gasteiger partial charge in [-0.1, -0.05) is 34.6 Å². The molecule has 276 valence electrons. The van der Waals surface area contributed by atoms with Crippen LogP contribution in [0.4, 0.5) is 0 Å². The first kappa shape index (κ1) is 36.1. The second-order valence-corrected chi connectivity index (χ2v) is 19.3. The van der Waals surface area contributed by atoms with E-state index in [-0.39, 0.29) is 40.8 Å². The Morgan fingerprint density at radius 3 is 2.42 bits per heavy atom. The van der Waals surface area contributed by atoms with Crippen molar-refractivity contribution in [2.75, 3.05) is 40.0 Å². The first-order valence-electron chi connectivity index (χ1n) is 19.7. The molecule has 5 aliphatic carbocycles. The Morgan fingerprint density at radius 2 is 1.73 bits per heavy atom. The molecule has 2 heterocycles. The molecule has 7 fully saturated rings. The van der Waals surface area contributed by atoms with Crippen LogP contribution >= 0.6 is 0 Å². The van der Waals surface area contributed by atoms with E-state index in [1.807, 2.05) is 20.8 Å². The first-order valence-corrected chi connectivity index (χ1v) is 19.7. The Bertz CT molecular complexity index is 1190. The van der Waals surface area contributed by atoms with Crippen LogP contribution < -0.4 is 0 Å². The zero-order chi connectivity index (χ0) is 34.7. The number of hydrogen-bond donors (Lipinski definition) is 2. The van der Waals surface area contributed by atoms with E-state index in [0.717, 1.165) is 39.0 Å². The highest BCUT2D eigenvalue weighted by Gasteiger charge is 2.84. The van der Waals surface area contributed by atoms with Gasteiger partial charge in [-0.05, 0) is 124 Å². The third-order valence-electron chi connectivity index (χ3n) is 16.6. The molecule has 0 aromatic rings. The molecular formula is C40H69NO7. The van der Waals surface area contributed by atoms with E-state index in [1.54, 1.807) is 7.11 Å². The third-order valence-corrected chi connectivity index (χ3v) is 16.6. The van der Waals surface area contributed by atoms with Gasteiger partial charge in [0.1, 0.15) is 6.10 Å². The molecule has 1 unspecified atom stereocenters. The zero-order valence-corrected chi connectivity index (χ0v) is 31.9. The van der Waals surface area contributed by atoms with Crippen molar-refractivity contribution in [1.29, 1.82) is 0 Å². The molecule has 2 saturated heterocycles. The summed E-state index contributed by atoms with van der Waals surface area (Å²) in [5.41, 5.74) is -0.484. The van der Waals surface area contributed by atoms with Gasteiger partial charge in [-0.2, -0.15) is 0 Å². The van der Waals surface area contributed by atoms with Crippen molar-refractivity contribution in [1.82, 2.24) is 4.90 Å². The normalized spacial score (nSPS) is 51.1. The number of ether oxygens (including phenoxy) is 5. The van der Waals surface area contributed by atoms with Gasteiger partial charge in [0.25, 0.3) is 0 Å². The fourth-order valence-corrected chi connectivity index (χ4v) is 14.3. The number of aliphatic hydroxyl groups is 2. The lowest BCUT2D eigenvalue weighted by molar-refractivity contribution is -0.251. The van der Waals surface area contributed by atoms with Gasteiger partial charge in [0.15, 0.2) is 6.29 Å². The van der Waals surface area contributed by atoms with Gasteiger partial charge >= 0.3 is 0 Å². The second-order valence-electron chi connectivity index (χ2n) is 19.3. The smallest absolute Gasteiger partial charge is 0.170 e. The van der Waals surface area contributed by atoms with E-state index in [4.69, 9.17) is 23.7 Å².